The van der Waals surface area contributed by atoms with E-state index in [9.17, 15) is 14.4 Å². The van der Waals surface area contributed by atoms with E-state index in [1.807, 2.05) is 24.3 Å². The van der Waals surface area contributed by atoms with Crippen molar-refractivity contribution in [3.05, 3.63) is 59.7 Å². The van der Waals surface area contributed by atoms with Crippen molar-refractivity contribution < 1.29 is 19.1 Å². The van der Waals surface area contributed by atoms with Crippen LogP contribution in [0.1, 0.15) is 49.5 Å². The van der Waals surface area contributed by atoms with E-state index in [0.29, 0.717) is 22.9 Å². The zero-order valence-corrected chi connectivity index (χ0v) is 16.8. The van der Waals surface area contributed by atoms with Gasteiger partial charge in [-0.3, -0.25) is 9.59 Å². The lowest BCUT2D eigenvalue weighted by Crippen LogP contribution is -2.41. The maximum atomic E-state index is 12.6. The van der Waals surface area contributed by atoms with E-state index in [0.717, 1.165) is 0 Å². The van der Waals surface area contributed by atoms with Gasteiger partial charge < -0.3 is 15.4 Å². The number of benzene rings is 2. The van der Waals surface area contributed by atoms with Gasteiger partial charge in [-0.1, -0.05) is 26.0 Å². The SMILES string of the molecule is COC(=O)c1ccc(NC(=O)C(C)(C)C(=O)Nc2ccc(C(C)C)cc2)cc1. The van der Waals surface area contributed by atoms with Crippen molar-refractivity contribution in [3.8, 4) is 0 Å². The van der Waals surface area contributed by atoms with Crippen molar-refractivity contribution >= 4 is 29.2 Å². The number of nitrogens with one attached hydrogen (secondary N) is 2. The monoisotopic (exact) mass is 382 g/mol. The summed E-state index contributed by atoms with van der Waals surface area (Å²) in [5, 5.41) is 5.49. The van der Waals surface area contributed by atoms with Crippen LogP contribution in [-0.2, 0) is 14.3 Å². The van der Waals surface area contributed by atoms with E-state index in [-0.39, 0.29) is 0 Å². The summed E-state index contributed by atoms with van der Waals surface area (Å²) >= 11 is 0. The molecule has 0 aliphatic carbocycles. The van der Waals surface area contributed by atoms with Gasteiger partial charge in [-0.05, 0) is 61.7 Å². The molecule has 0 aliphatic heterocycles. The maximum Gasteiger partial charge on any atom is 0.337 e. The molecule has 6 heteroatoms. The second kappa shape index (κ2) is 8.69. The van der Waals surface area contributed by atoms with E-state index in [1.165, 1.54) is 12.7 Å². The largest absolute Gasteiger partial charge is 0.465 e. The fourth-order valence-corrected chi connectivity index (χ4v) is 2.44. The van der Waals surface area contributed by atoms with Crippen LogP contribution in [-0.4, -0.2) is 24.9 Å². The topological polar surface area (TPSA) is 84.5 Å². The van der Waals surface area contributed by atoms with E-state index < -0.39 is 23.2 Å². The standard InChI is InChI=1S/C22H26N2O4/c1-14(2)15-6-10-17(11-7-15)23-20(26)22(3,4)21(27)24-18-12-8-16(9-13-18)19(25)28-5/h6-14H,1-5H3,(H,23,26)(H,24,27). The first kappa shape index (κ1) is 21.2. The number of amides is 2. The second-order valence-electron chi connectivity index (χ2n) is 7.38. The molecule has 0 heterocycles. The van der Waals surface area contributed by atoms with Crippen LogP contribution >= 0.6 is 0 Å². The van der Waals surface area contributed by atoms with Gasteiger partial charge in [0.1, 0.15) is 5.41 Å². The zero-order valence-electron chi connectivity index (χ0n) is 16.8. The molecule has 0 fully saturated rings. The lowest BCUT2D eigenvalue weighted by atomic mass is 9.90. The van der Waals surface area contributed by atoms with Crippen LogP contribution < -0.4 is 10.6 Å². The van der Waals surface area contributed by atoms with Crippen LogP contribution in [0.2, 0.25) is 0 Å². The van der Waals surface area contributed by atoms with Crippen LogP contribution in [0.15, 0.2) is 48.5 Å². The Balaban J connectivity index is 2.04. The molecule has 0 aliphatic rings. The van der Waals surface area contributed by atoms with E-state index >= 15 is 0 Å². The number of methoxy groups -OCH3 is 1. The van der Waals surface area contributed by atoms with E-state index in [2.05, 4.69) is 29.2 Å². The fourth-order valence-electron chi connectivity index (χ4n) is 2.44. The molecule has 0 atom stereocenters. The summed E-state index contributed by atoms with van der Waals surface area (Å²) in [6.07, 6.45) is 0. The number of rotatable bonds is 6. The smallest absolute Gasteiger partial charge is 0.337 e. The maximum absolute atomic E-state index is 12.6. The molecule has 0 aromatic heterocycles. The molecule has 0 bridgehead atoms. The third-order valence-corrected chi connectivity index (χ3v) is 4.53. The summed E-state index contributed by atoms with van der Waals surface area (Å²) in [6, 6.07) is 13.8. The third kappa shape index (κ3) is 4.97. The number of carbonyl (C=O) groups excluding carboxylic acids is 3. The fraction of sp³-hybridized carbons (Fsp3) is 0.318. The van der Waals surface area contributed by atoms with Crippen molar-refractivity contribution in [3.63, 3.8) is 0 Å². The molecule has 2 amide bonds. The molecular weight excluding hydrogens is 356 g/mol. The Morgan fingerprint density at radius 2 is 1.25 bits per heavy atom. The molecule has 0 unspecified atom stereocenters. The second-order valence-corrected chi connectivity index (χ2v) is 7.38. The van der Waals surface area contributed by atoms with Gasteiger partial charge in [0.2, 0.25) is 11.8 Å². The van der Waals surface area contributed by atoms with Crippen molar-refractivity contribution in [1.82, 2.24) is 0 Å². The van der Waals surface area contributed by atoms with Crippen LogP contribution in [0.5, 0.6) is 0 Å². The summed E-state index contributed by atoms with van der Waals surface area (Å²) < 4.78 is 4.64. The highest BCUT2D eigenvalue weighted by Gasteiger charge is 2.36. The number of esters is 1. The highest BCUT2D eigenvalue weighted by molar-refractivity contribution is 6.14. The van der Waals surface area contributed by atoms with Crippen LogP contribution in [0, 0.1) is 5.41 Å². The summed E-state index contributed by atoms with van der Waals surface area (Å²) in [4.78, 5) is 36.7. The predicted molar refractivity (Wildman–Crippen MR) is 109 cm³/mol. The van der Waals surface area contributed by atoms with Crippen LogP contribution in [0.3, 0.4) is 0 Å². The lowest BCUT2D eigenvalue weighted by molar-refractivity contribution is -0.135. The Labute approximate surface area is 165 Å². The quantitative estimate of drug-likeness (QED) is 0.579. The molecule has 0 saturated carbocycles. The number of ether oxygens (including phenoxy) is 1. The van der Waals surface area contributed by atoms with Gasteiger partial charge in [0, 0.05) is 11.4 Å². The lowest BCUT2D eigenvalue weighted by Gasteiger charge is -2.23. The molecule has 2 aromatic carbocycles. The summed E-state index contributed by atoms with van der Waals surface area (Å²) in [6.45, 7) is 7.31. The van der Waals surface area contributed by atoms with Crippen molar-refractivity contribution in [1.29, 1.82) is 0 Å². The molecule has 2 aromatic rings. The van der Waals surface area contributed by atoms with Gasteiger partial charge in [0.25, 0.3) is 0 Å². The minimum atomic E-state index is -1.29. The van der Waals surface area contributed by atoms with Gasteiger partial charge in [-0.15, -0.1) is 0 Å². The molecule has 0 radical (unpaired) electrons. The number of hydrogen-bond donors (Lipinski definition) is 2. The van der Waals surface area contributed by atoms with Gasteiger partial charge in [-0.25, -0.2) is 4.79 Å². The van der Waals surface area contributed by atoms with Crippen molar-refractivity contribution in [2.45, 2.75) is 33.6 Å². The Bertz CT molecular complexity index is 853. The summed E-state index contributed by atoms with van der Waals surface area (Å²) in [5.74, 6) is -0.915. The predicted octanol–water partition coefficient (Wildman–Crippen LogP) is 4.20. The Morgan fingerprint density at radius 1 is 0.821 bits per heavy atom. The molecule has 2 N–H and O–H groups in total. The van der Waals surface area contributed by atoms with Crippen molar-refractivity contribution in [2.24, 2.45) is 5.41 Å². The van der Waals surface area contributed by atoms with Gasteiger partial charge in [0.05, 0.1) is 12.7 Å². The average molecular weight is 382 g/mol. The molecule has 6 nitrogen and oxygen atoms in total. The van der Waals surface area contributed by atoms with Gasteiger partial charge in [-0.2, -0.15) is 0 Å². The van der Waals surface area contributed by atoms with Crippen LogP contribution in [0.4, 0.5) is 11.4 Å². The summed E-state index contributed by atoms with van der Waals surface area (Å²) in [5.41, 5.74) is 1.38. The average Bonchev–Trinajstić information content (AvgIpc) is 2.68. The molecule has 0 saturated heterocycles. The van der Waals surface area contributed by atoms with Crippen molar-refractivity contribution in [2.75, 3.05) is 17.7 Å². The Morgan fingerprint density at radius 3 is 1.64 bits per heavy atom. The normalized spacial score (nSPS) is 11.1. The summed E-state index contributed by atoms with van der Waals surface area (Å²) in [7, 11) is 1.30. The zero-order chi connectivity index (χ0) is 20.9. The Hall–Kier alpha value is -3.15. The van der Waals surface area contributed by atoms with E-state index in [4.69, 9.17) is 0 Å². The highest BCUT2D eigenvalue weighted by Crippen LogP contribution is 2.23. The minimum Gasteiger partial charge on any atom is -0.465 e. The first-order chi connectivity index (χ1) is 13.1. The van der Waals surface area contributed by atoms with Crippen LogP contribution in [0.25, 0.3) is 0 Å². The first-order valence-corrected chi connectivity index (χ1v) is 9.06. The molecular formula is C22H26N2O4. The third-order valence-electron chi connectivity index (χ3n) is 4.53. The first-order valence-electron chi connectivity index (χ1n) is 9.06. The molecule has 0 spiro atoms. The Kier molecular flexibility index (Phi) is 6.57. The molecule has 148 valence electrons. The van der Waals surface area contributed by atoms with E-state index in [1.54, 1.807) is 38.1 Å². The number of hydrogen-bond acceptors (Lipinski definition) is 4. The number of carbonyl (C=O) groups is 3. The van der Waals surface area contributed by atoms with Gasteiger partial charge >= 0.3 is 5.97 Å². The van der Waals surface area contributed by atoms with Gasteiger partial charge in [0.15, 0.2) is 0 Å². The molecule has 28 heavy (non-hydrogen) atoms. The molecule has 2 rings (SSSR count). The minimum absolute atomic E-state index is 0.377. The number of anilines is 2. The highest BCUT2D eigenvalue weighted by atomic mass is 16.5.